The fraction of sp³-hybridized carbons (Fsp3) is 0.121. The van der Waals surface area contributed by atoms with Crippen molar-refractivity contribution in [2.75, 3.05) is 13.1 Å². The Morgan fingerprint density at radius 1 is 0.683 bits per heavy atom. The quantitative estimate of drug-likeness (QED) is 0.360. The molecule has 0 saturated heterocycles. The second-order valence-corrected chi connectivity index (χ2v) is 9.62. The molecule has 0 fully saturated rings. The fourth-order valence-corrected chi connectivity index (χ4v) is 5.35. The smallest absolute Gasteiger partial charge is 1.00 e. The van der Waals surface area contributed by atoms with Crippen LogP contribution in [0.2, 0.25) is 0 Å². The molecule has 2 aromatic rings. The first-order valence-electron chi connectivity index (χ1n) is 13.3. The number of halogens is 1. The number of benzene rings is 1. The molecule has 0 unspecified atom stereocenters. The Hall–Kier alpha value is -3.58. The Kier molecular flexibility index (Phi) is 8.55. The van der Waals surface area contributed by atoms with Gasteiger partial charge in [-0.05, 0) is 61.9 Å². The normalized spacial score (nSPS) is 18.3. The Morgan fingerprint density at radius 3 is 2.02 bits per heavy atom. The molecule has 0 radical (unpaired) electrons. The van der Waals surface area contributed by atoms with Gasteiger partial charge in [-0.2, -0.15) is 0 Å². The van der Waals surface area contributed by atoms with Crippen LogP contribution in [0.5, 0.6) is 0 Å². The summed E-state index contributed by atoms with van der Waals surface area (Å²) in [4.78, 5) is 24.6. The van der Waals surface area contributed by atoms with E-state index in [1.165, 1.54) is 0 Å². The van der Waals surface area contributed by atoms with Gasteiger partial charge in [0.05, 0.1) is 34.2 Å². The molecule has 0 aliphatic carbocycles. The zero-order chi connectivity index (χ0) is 26.3. The summed E-state index contributed by atoms with van der Waals surface area (Å²) in [5.74, 6) is 1.10. The molecule has 8 heteroatoms. The maximum atomic E-state index is 5.06. The van der Waals surface area contributed by atoms with E-state index in [-0.39, 0.29) is 44.4 Å². The standard InChI is InChI=1S/C33H27N6.HI.Pd/c1-3-38-18-19-39(4-2)33(38)32-29-16-12-25(36-29)20-23-10-14-27(34-23)31(22-8-6-5-7-9-22)28-15-11-24(35-28)21-26-13-17-30(32)37-26;;/h5-21H,3-4H2,1-2H3;1H;/q-1;;+2/p-1. The van der Waals surface area contributed by atoms with Crippen molar-refractivity contribution in [3.05, 3.63) is 137 Å². The van der Waals surface area contributed by atoms with Crippen molar-refractivity contribution in [1.29, 1.82) is 0 Å². The molecular weight excluding hydrogens is 714 g/mol. The molecule has 5 aliphatic rings. The molecule has 7 rings (SSSR count). The van der Waals surface area contributed by atoms with Crippen molar-refractivity contribution in [2.45, 2.75) is 13.8 Å². The maximum Gasteiger partial charge on any atom is 2.00 e. The first-order valence-corrected chi connectivity index (χ1v) is 13.3. The fourth-order valence-electron chi connectivity index (χ4n) is 5.35. The summed E-state index contributed by atoms with van der Waals surface area (Å²) in [5.41, 5.74) is 10.1. The van der Waals surface area contributed by atoms with Crippen LogP contribution in [0.4, 0.5) is 0 Å². The summed E-state index contributed by atoms with van der Waals surface area (Å²) in [5, 5.41) is 0. The second kappa shape index (κ2) is 12.1. The van der Waals surface area contributed by atoms with Gasteiger partial charge in [-0.3, -0.25) is 0 Å². The minimum atomic E-state index is 0. The average molecular weight is 741 g/mol. The Morgan fingerprint density at radius 2 is 1.34 bits per heavy atom. The molecule has 41 heavy (non-hydrogen) atoms. The molecular formula is C33H27IN6Pd. The number of aromatic nitrogens is 1. The van der Waals surface area contributed by atoms with Crippen LogP contribution in [0.3, 0.4) is 0 Å². The zero-order valence-electron chi connectivity index (χ0n) is 22.6. The SMILES string of the molecule is CCN1C=CN(CC)C1=C1C2=NC(=CC3=NC(=C(c4ccccc4)C4=NC(=Cc5ccc1[n-]5)C=C4)C=C3)C=C2.[I-].[Pd+2]. The first-order chi connectivity index (χ1) is 19.2. The van der Waals surface area contributed by atoms with Crippen molar-refractivity contribution in [2.24, 2.45) is 15.0 Å². The summed E-state index contributed by atoms with van der Waals surface area (Å²) in [6.07, 6.45) is 20.7. The van der Waals surface area contributed by atoms with Gasteiger partial charge < -0.3 is 38.8 Å². The van der Waals surface area contributed by atoms with Gasteiger partial charge in [-0.25, -0.2) is 15.0 Å². The van der Waals surface area contributed by atoms with Gasteiger partial charge in [0.1, 0.15) is 5.82 Å². The van der Waals surface area contributed by atoms with Gasteiger partial charge in [0.15, 0.2) is 0 Å². The minimum absolute atomic E-state index is 0. The number of hydrogen-bond acceptors (Lipinski definition) is 5. The van der Waals surface area contributed by atoms with E-state index in [9.17, 15) is 0 Å². The Bertz CT molecular complexity index is 1710. The second-order valence-electron chi connectivity index (χ2n) is 9.62. The van der Waals surface area contributed by atoms with Crippen LogP contribution in [0.15, 0.2) is 135 Å². The van der Waals surface area contributed by atoms with Crippen LogP contribution in [0.1, 0.15) is 30.8 Å². The molecule has 0 saturated carbocycles. The molecule has 0 spiro atoms. The monoisotopic (exact) mass is 740 g/mol. The first kappa shape index (κ1) is 28.9. The van der Waals surface area contributed by atoms with Gasteiger partial charge in [0.25, 0.3) is 0 Å². The van der Waals surface area contributed by atoms with Gasteiger partial charge in [-0.1, -0.05) is 48.5 Å². The molecule has 206 valence electrons. The average Bonchev–Trinajstić information content (AvgIpc) is 3.79. The molecule has 6 nitrogen and oxygen atoms in total. The molecule has 1 aromatic carbocycles. The number of fused-ring (bicyclic) bond motifs is 5. The molecule has 0 amide bonds. The van der Waals surface area contributed by atoms with Crippen molar-refractivity contribution in [1.82, 2.24) is 14.8 Å². The van der Waals surface area contributed by atoms with Crippen LogP contribution < -0.4 is 29.0 Å². The van der Waals surface area contributed by atoms with Crippen molar-refractivity contribution in [3.8, 4) is 0 Å². The summed E-state index contributed by atoms with van der Waals surface area (Å²) in [6.45, 7) is 6.03. The summed E-state index contributed by atoms with van der Waals surface area (Å²) in [7, 11) is 0. The number of allylic oxidation sites excluding steroid dienone is 9. The van der Waals surface area contributed by atoms with Gasteiger partial charge in [-0.15, -0.1) is 11.4 Å². The van der Waals surface area contributed by atoms with E-state index in [4.69, 9.17) is 20.0 Å². The molecule has 0 N–H and O–H groups in total. The molecule has 6 heterocycles. The maximum absolute atomic E-state index is 5.06. The van der Waals surface area contributed by atoms with E-state index in [0.29, 0.717) is 0 Å². The van der Waals surface area contributed by atoms with Gasteiger partial charge in [0.2, 0.25) is 0 Å². The number of aliphatic imine (C=N–C) groups is 3. The summed E-state index contributed by atoms with van der Waals surface area (Å²) in [6, 6.07) is 14.5. The topological polar surface area (TPSA) is 57.7 Å². The van der Waals surface area contributed by atoms with Crippen LogP contribution in [0, 0.1) is 0 Å². The predicted molar refractivity (Wildman–Crippen MR) is 160 cm³/mol. The molecule has 0 atom stereocenters. The summed E-state index contributed by atoms with van der Waals surface area (Å²) < 4.78 is 0. The zero-order valence-corrected chi connectivity index (χ0v) is 26.3. The van der Waals surface area contributed by atoms with Crippen LogP contribution >= 0.6 is 0 Å². The van der Waals surface area contributed by atoms with Crippen LogP contribution in [0.25, 0.3) is 17.2 Å². The van der Waals surface area contributed by atoms with Crippen LogP contribution in [-0.2, 0) is 20.4 Å². The number of hydrogen-bond donors (Lipinski definition) is 0. The Balaban J connectivity index is 0.00000169. The van der Waals surface area contributed by atoms with E-state index in [1.54, 1.807) is 0 Å². The largest absolute Gasteiger partial charge is 2.00 e. The van der Waals surface area contributed by atoms with Crippen molar-refractivity contribution < 1.29 is 44.4 Å². The molecule has 1 aromatic heterocycles. The van der Waals surface area contributed by atoms with Gasteiger partial charge >= 0.3 is 20.4 Å². The number of nitrogens with zero attached hydrogens (tertiary/aromatic N) is 6. The third-order valence-corrected chi connectivity index (χ3v) is 7.20. The third kappa shape index (κ3) is 5.40. The third-order valence-electron chi connectivity index (χ3n) is 7.20. The van der Waals surface area contributed by atoms with Crippen molar-refractivity contribution >= 4 is 34.4 Å². The molecule has 5 aliphatic heterocycles. The number of rotatable bonds is 3. The van der Waals surface area contributed by atoms with Crippen LogP contribution in [-0.4, -0.2) is 40.0 Å². The van der Waals surface area contributed by atoms with E-state index in [1.807, 2.05) is 42.5 Å². The van der Waals surface area contributed by atoms with E-state index < -0.39 is 0 Å². The van der Waals surface area contributed by atoms with E-state index in [2.05, 4.69) is 84.6 Å². The van der Waals surface area contributed by atoms with Crippen molar-refractivity contribution in [3.63, 3.8) is 0 Å². The predicted octanol–water partition coefficient (Wildman–Crippen LogP) is 3.12. The summed E-state index contributed by atoms with van der Waals surface area (Å²) >= 11 is 0. The molecule has 8 bridgehead atoms. The Labute approximate surface area is 271 Å². The minimum Gasteiger partial charge on any atom is -1.00 e. The van der Waals surface area contributed by atoms with E-state index >= 15 is 0 Å². The van der Waals surface area contributed by atoms with E-state index in [0.717, 1.165) is 81.2 Å². The van der Waals surface area contributed by atoms with Gasteiger partial charge in [0, 0.05) is 36.6 Å².